The largest absolute Gasteiger partial charge is 0.491 e. The molecule has 0 fully saturated rings. The van der Waals surface area contributed by atoms with E-state index in [2.05, 4.69) is 33.8 Å². The molecule has 0 saturated carbocycles. The van der Waals surface area contributed by atoms with E-state index in [0.29, 0.717) is 12.3 Å². The van der Waals surface area contributed by atoms with Crippen molar-refractivity contribution in [2.24, 2.45) is 5.92 Å². The second-order valence-electron chi connectivity index (χ2n) is 8.51. The minimum absolute atomic E-state index is 0.133. The first-order valence-corrected chi connectivity index (χ1v) is 9.70. The maximum absolute atomic E-state index is 6.59. The molecule has 0 amide bonds. The SMILES string of the molecule is Cc1nn(-c2ccccc2)c2c1[C@]1(C)c3cccc(N)c3OC[C@@H]1C(C)(C)O2. The summed E-state index contributed by atoms with van der Waals surface area (Å²) >= 11 is 0. The van der Waals surface area contributed by atoms with Crippen molar-refractivity contribution >= 4 is 5.69 Å². The third kappa shape index (κ3) is 2.10. The van der Waals surface area contributed by atoms with E-state index in [1.165, 1.54) is 0 Å². The number of aromatic nitrogens is 2. The molecule has 5 rings (SSSR count). The molecule has 5 heteroatoms. The third-order valence-corrected chi connectivity index (χ3v) is 6.43. The predicted octanol–water partition coefficient (Wildman–Crippen LogP) is 4.25. The van der Waals surface area contributed by atoms with E-state index in [9.17, 15) is 0 Å². The molecule has 0 spiro atoms. The molecule has 2 aromatic carbocycles. The maximum atomic E-state index is 6.59. The predicted molar refractivity (Wildman–Crippen MR) is 109 cm³/mol. The van der Waals surface area contributed by atoms with Gasteiger partial charge in [0.25, 0.3) is 0 Å². The summed E-state index contributed by atoms with van der Waals surface area (Å²) in [4.78, 5) is 0. The number of rotatable bonds is 1. The van der Waals surface area contributed by atoms with Crippen molar-refractivity contribution in [2.75, 3.05) is 12.3 Å². The molecule has 144 valence electrons. The highest BCUT2D eigenvalue weighted by molar-refractivity contribution is 5.65. The van der Waals surface area contributed by atoms with Gasteiger partial charge in [-0.1, -0.05) is 37.3 Å². The summed E-state index contributed by atoms with van der Waals surface area (Å²) in [6.45, 7) is 9.17. The van der Waals surface area contributed by atoms with E-state index in [4.69, 9.17) is 20.3 Å². The number of nitrogens with two attached hydrogens (primary N) is 1. The summed E-state index contributed by atoms with van der Waals surface area (Å²) in [5.41, 5.74) is 10.4. The lowest BCUT2D eigenvalue weighted by Gasteiger charge is -2.52. The monoisotopic (exact) mass is 375 g/mol. The summed E-state index contributed by atoms with van der Waals surface area (Å²) in [7, 11) is 0. The van der Waals surface area contributed by atoms with Crippen molar-refractivity contribution in [2.45, 2.75) is 38.7 Å². The number of hydrogen-bond acceptors (Lipinski definition) is 4. The van der Waals surface area contributed by atoms with E-state index in [-0.39, 0.29) is 11.3 Å². The number of nitrogen functional groups attached to an aromatic ring is 1. The molecule has 0 unspecified atom stereocenters. The molecule has 2 N–H and O–H groups in total. The molecule has 2 atom stereocenters. The quantitative estimate of drug-likeness (QED) is 0.646. The fourth-order valence-electron chi connectivity index (χ4n) is 5.11. The van der Waals surface area contributed by atoms with Gasteiger partial charge in [-0.05, 0) is 39.0 Å². The maximum Gasteiger partial charge on any atom is 0.221 e. The van der Waals surface area contributed by atoms with Gasteiger partial charge < -0.3 is 15.2 Å². The molecular weight excluding hydrogens is 350 g/mol. The van der Waals surface area contributed by atoms with Crippen LogP contribution in [0.1, 0.15) is 37.6 Å². The second-order valence-corrected chi connectivity index (χ2v) is 8.51. The second kappa shape index (κ2) is 5.53. The molecule has 3 heterocycles. The lowest BCUT2D eigenvalue weighted by molar-refractivity contribution is -0.0438. The fraction of sp³-hybridized carbons (Fsp3) is 0.348. The molecule has 5 nitrogen and oxygen atoms in total. The highest BCUT2D eigenvalue weighted by atomic mass is 16.5. The van der Waals surface area contributed by atoms with E-state index >= 15 is 0 Å². The van der Waals surface area contributed by atoms with Crippen LogP contribution in [0.5, 0.6) is 11.6 Å². The van der Waals surface area contributed by atoms with Crippen molar-refractivity contribution < 1.29 is 9.47 Å². The van der Waals surface area contributed by atoms with Crippen molar-refractivity contribution in [1.82, 2.24) is 9.78 Å². The number of anilines is 1. The average molecular weight is 375 g/mol. The van der Waals surface area contributed by atoms with Gasteiger partial charge in [0.15, 0.2) is 0 Å². The molecule has 2 aliphatic heterocycles. The normalized spacial score (nSPS) is 24.4. The number of hydrogen-bond donors (Lipinski definition) is 1. The molecule has 28 heavy (non-hydrogen) atoms. The zero-order chi connectivity index (χ0) is 19.7. The van der Waals surface area contributed by atoms with Gasteiger partial charge in [0.1, 0.15) is 11.4 Å². The Morgan fingerprint density at radius 1 is 1.07 bits per heavy atom. The number of benzene rings is 2. The van der Waals surface area contributed by atoms with Crippen LogP contribution in [-0.4, -0.2) is 22.0 Å². The zero-order valence-electron chi connectivity index (χ0n) is 16.7. The Morgan fingerprint density at radius 2 is 1.82 bits per heavy atom. The van der Waals surface area contributed by atoms with Crippen LogP contribution in [0.25, 0.3) is 5.69 Å². The summed E-state index contributed by atoms with van der Waals surface area (Å²) in [5.74, 6) is 1.73. The van der Waals surface area contributed by atoms with Crippen LogP contribution in [0.15, 0.2) is 48.5 Å². The number of aryl methyl sites for hydroxylation is 1. The van der Waals surface area contributed by atoms with Gasteiger partial charge >= 0.3 is 0 Å². The van der Waals surface area contributed by atoms with Crippen molar-refractivity contribution in [3.05, 3.63) is 65.4 Å². The molecule has 0 radical (unpaired) electrons. The lowest BCUT2D eigenvalue weighted by Crippen LogP contribution is -2.57. The standard InChI is InChI=1S/C23H25N3O2/c1-14-19-21(26(25-14)15-9-6-5-7-10-15)28-22(2,3)18-13-27-20-16(23(18,19)4)11-8-12-17(20)24/h5-12,18H,13,24H2,1-4H3/t18-,23-/m1/s1. The van der Waals surface area contributed by atoms with Gasteiger partial charge in [-0.25, -0.2) is 4.68 Å². The molecule has 0 aliphatic carbocycles. The van der Waals surface area contributed by atoms with Crippen LogP contribution in [0.4, 0.5) is 5.69 Å². The van der Waals surface area contributed by atoms with Crippen LogP contribution in [0, 0.1) is 12.8 Å². The number of para-hydroxylation sites is 2. The highest BCUT2D eigenvalue weighted by Gasteiger charge is 2.57. The summed E-state index contributed by atoms with van der Waals surface area (Å²) < 4.78 is 14.7. The first-order chi connectivity index (χ1) is 13.3. The first-order valence-electron chi connectivity index (χ1n) is 9.70. The smallest absolute Gasteiger partial charge is 0.221 e. The number of ether oxygens (including phenoxy) is 2. The Hall–Kier alpha value is -2.95. The fourth-order valence-corrected chi connectivity index (χ4v) is 5.11. The summed E-state index contributed by atoms with van der Waals surface area (Å²) in [6, 6.07) is 16.2. The summed E-state index contributed by atoms with van der Waals surface area (Å²) in [6.07, 6.45) is 0. The van der Waals surface area contributed by atoms with Crippen LogP contribution >= 0.6 is 0 Å². The number of nitrogens with zero attached hydrogens (tertiary/aromatic N) is 2. The molecule has 1 aromatic heterocycles. The van der Waals surface area contributed by atoms with Crippen molar-refractivity contribution in [3.63, 3.8) is 0 Å². The molecular formula is C23H25N3O2. The average Bonchev–Trinajstić information content (AvgIpc) is 2.99. The van der Waals surface area contributed by atoms with E-state index in [1.54, 1.807) is 0 Å². The Morgan fingerprint density at radius 3 is 2.57 bits per heavy atom. The van der Waals surface area contributed by atoms with Gasteiger partial charge in [0, 0.05) is 22.5 Å². The zero-order valence-corrected chi connectivity index (χ0v) is 16.7. The minimum Gasteiger partial charge on any atom is -0.491 e. The first kappa shape index (κ1) is 17.2. The third-order valence-electron chi connectivity index (χ3n) is 6.43. The number of fused-ring (bicyclic) bond motifs is 5. The lowest BCUT2D eigenvalue weighted by atomic mass is 9.59. The van der Waals surface area contributed by atoms with E-state index < -0.39 is 5.60 Å². The van der Waals surface area contributed by atoms with Crippen LogP contribution < -0.4 is 15.2 Å². The topological polar surface area (TPSA) is 62.3 Å². The van der Waals surface area contributed by atoms with Gasteiger partial charge in [-0.3, -0.25) is 0 Å². The Balaban J connectivity index is 1.83. The van der Waals surface area contributed by atoms with Gasteiger partial charge in [-0.2, -0.15) is 5.10 Å². The van der Waals surface area contributed by atoms with Crippen molar-refractivity contribution in [1.29, 1.82) is 0 Å². The Bertz CT molecular complexity index is 1070. The van der Waals surface area contributed by atoms with Crippen LogP contribution in [0.2, 0.25) is 0 Å². The van der Waals surface area contributed by atoms with E-state index in [0.717, 1.165) is 34.1 Å². The Labute approximate surface area is 165 Å². The minimum atomic E-state index is -0.428. The van der Waals surface area contributed by atoms with Gasteiger partial charge in [-0.15, -0.1) is 0 Å². The van der Waals surface area contributed by atoms with E-state index in [1.807, 2.05) is 47.1 Å². The molecule has 0 saturated heterocycles. The van der Waals surface area contributed by atoms with Crippen LogP contribution in [0.3, 0.4) is 0 Å². The molecule has 3 aromatic rings. The molecule has 0 bridgehead atoms. The van der Waals surface area contributed by atoms with Gasteiger partial charge in [0.2, 0.25) is 5.88 Å². The van der Waals surface area contributed by atoms with Crippen LogP contribution in [-0.2, 0) is 5.41 Å². The van der Waals surface area contributed by atoms with Crippen molar-refractivity contribution in [3.8, 4) is 17.3 Å². The van der Waals surface area contributed by atoms with Gasteiger partial charge in [0.05, 0.1) is 23.7 Å². The highest BCUT2D eigenvalue weighted by Crippen LogP contribution is 2.58. The Kier molecular flexibility index (Phi) is 3.39. The molecule has 2 aliphatic rings. The summed E-state index contributed by atoms with van der Waals surface area (Å²) in [5, 5.41) is 4.88.